The van der Waals surface area contributed by atoms with Crippen molar-refractivity contribution in [3.05, 3.63) is 59.2 Å². The third kappa shape index (κ3) is 2.27. The molecule has 2 aliphatic rings. The Labute approximate surface area is 131 Å². The predicted molar refractivity (Wildman–Crippen MR) is 89.4 cm³/mol. The smallest absolute Gasteiger partial charge is 0.227 e. The van der Waals surface area contributed by atoms with Crippen LogP contribution in [0.25, 0.3) is 0 Å². The van der Waals surface area contributed by atoms with Gasteiger partial charge in [-0.15, -0.1) is 0 Å². The number of fused-ring (bicyclic) bond motifs is 2. The van der Waals surface area contributed by atoms with Gasteiger partial charge in [0.25, 0.3) is 0 Å². The van der Waals surface area contributed by atoms with E-state index in [1.54, 1.807) is 4.90 Å². The normalized spacial score (nSPS) is 17.3. The van der Waals surface area contributed by atoms with Crippen molar-refractivity contribution < 1.29 is 4.79 Å². The Morgan fingerprint density at radius 2 is 1.73 bits per heavy atom. The van der Waals surface area contributed by atoms with Crippen molar-refractivity contribution in [1.29, 1.82) is 0 Å². The molecule has 1 N–H and O–H groups in total. The molecule has 22 heavy (non-hydrogen) atoms. The van der Waals surface area contributed by atoms with Crippen LogP contribution in [0, 0.1) is 0 Å². The molecule has 0 fully saturated rings. The zero-order valence-electron chi connectivity index (χ0n) is 12.8. The molecule has 2 aromatic carbocycles. The van der Waals surface area contributed by atoms with Crippen molar-refractivity contribution in [3.8, 4) is 0 Å². The highest BCUT2D eigenvalue weighted by atomic mass is 16.2. The van der Waals surface area contributed by atoms with E-state index in [9.17, 15) is 4.79 Å². The molecule has 3 nitrogen and oxygen atoms in total. The Kier molecular flexibility index (Phi) is 3.14. The fourth-order valence-electron chi connectivity index (χ4n) is 3.64. The van der Waals surface area contributed by atoms with E-state index in [1.807, 2.05) is 7.05 Å². The van der Waals surface area contributed by atoms with Gasteiger partial charge in [0.15, 0.2) is 0 Å². The van der Waals surface area contributed by atoms with Crippen molar-refractivity contribution in [2.45, 2.75) is 31.7 Å². The topological polar surface area (TPSA) is 32.3 Å². The fourth-order valence-corrected chi connectivity index (χ4v) is 3.64. The summed E-state index contributed by atoms with van der Waals surface area (Å²) in [5.41, 5.74) is 6.41. The first-order chi connectivity index (χ1) is 10.7. The Hall–Kier alpha value is -2.29. The molecular formula is C19H20N2O. The number of anilines is 2. The van der Waals surface area contributed by atoms with E-state index in [2.05, 4.69) is 47.8 Å². The van der Waals surface area contributed by atoms with Gasteiger partial charge in [-0.05, 0) is 54.2 Å². The van der Waals surface area contributed by atoms with E-state index in [0.717, 1.165) is 24.9 Å². The Morgan fingerprint density at radius 3 is 2.45 bits per heavy atom. The number of aryl methyl sites for hydroxylation is 1. The number of hydrogen-bond acceptors (Lipinski definition) is 2. The molecule has 0 radical (unpaired) electrons. The molecule has 0 saturated carbocycles. The highest BCUT2D eigenvalue weighted by Gasteiger charge is 2.23. The SMILES string of the molecule is CN1C(=O)CCc2cc(NC3Cc4ccccc4C3)ccc21. The minimum absolute atomic E-state index is 0.208. The zero-order valence-corrected chi connectivity index (χ0v) is 12.8. The number of nitrogens with zero attached hydrogens (tertiary/aromatic N) is 1. The van der Waals surface area contributed by atoms with Crippen molar-refractivity contribution in [1.82, 2.24) is 0 Å². The van der Waals surface area contributed by atoms with E-state index in [-0.39, 0.29) is 5.91 Å². The van der Waals surface area contributed by atoms with E-state index in [0.29, 0.717) is 12.5 Å². The lowest BCUT2D eigenvalue weighted by Crippen LogP contribution is -2.31. The third-order valence-electron chi connectivity index (χ3n) is 4.84. The van der Waals surface area contributed by atoms with Crippen molar-refractivity contribution in [2.75, 3.05) is 17.3 Å². The average molecular weight is 292 g/mol. The second-order valence-corrected chi connectivity index (χ2v) is 6.31. The summed E-state index contributed by atoms with van der Waals surface area (Å²) in [4.78, 5) is 13.5. The number of benzene rings is 2. The van der Waals surface area contributed by atoms with Crippen molar-refractivity contribution >= 4 is 17.3 Å². The van der Waals surface area contributed by atoms with Gasteiger partial charge < -0.3 is 10.2 Å². The first kappa shape index (κ1) is 13.4. The average Bonchev–Trinajstić information content (AvgIpc) is 2.93. The number of carbonyl (C=O) groups is 1. The molecule has 112 valence electrons. The molecule has 0 saturated heterocycles. The highest BCUT2D eigenvalue weighted by Crippen LogP contribution is 2.31. The van der Waals surface area contributed by atoms with Gasteiger partial charge in [0.2, 0.25) is 5.91 Å². The van der Waals surface area contributed by atoms with Gasteiger partial charge in [0.1, 0.15) is 0 Å². The number of hydrogen-bond donors (Lipinski definition) is 1. The second-order valence-electron chi connectivity index (χ2n) is 6.31. The van der Waals surface area contributed by atoms with Crippen LogP contribution in [0.5, 0.6) is 0 Å². The summed E-state index contributed by atoms with van der Waals surface area (Å²) >= 11 is 0. The molecule has 4 rings (SSSR count). The van der Waals surface area contributed by atoms with Crippen LogP contribution in [0.15, 0.2) is 42.5 Å². The van der Waals surface area contributed by atoms with Gasteiger partial charge in [-0.3, -0.25) is 4.79 Å². The first-order valence-electron chi connectivity index (χ1n) is 7.93. The first-order valence-corrected chi connectivity index (χ1v) is 7.93. The van der Waals surface area contributed by atoms with Crippen LogP contribution in [0.2, 0.25) is 0 Å². The summed E-state index contributed by atoms with van der Waals surface area (Å²) in [6.07, 6.45) is 3.64. The summed E-state index contributed by atoms with van der Waals surface area (Å²) < 4.78 is 0. The monoisotopic (exact) mass is 292 g/mol. The molecule has 3 heteroatoms. The molecule has 0 spiro atoms. The highest BCUT2D eigenvalue weighted by molar-refractivity contribution is 5.96. The Morgan fingerprint density at radius 1 is 1.00 bits per heavy atom. The van der Waals surface area contributed by atoms with Crippen LogP contribution in [0.4, 0.5) is 11.4 Å². The lowest BCUT2D eigenvalue weighted by Gasteiger charge is -2.26. The zero-order chi connectivity index (χ0) is 15.1. The molecule has 1 heterocycles. The molecular weight excluding hydrogens is 272 g/mol. The van der Waals surface area contributed by atoms with Crippen LogP contribution in [0.1, 0.15) is 23.1 Å². The summed E-state index contributed by atoms with van der Waals surface area (Å²) in [6, 6.07) is 15.5. The maximum atomic E-state index is 11.8. The molecule has 1 aliphatic heterocycles. The molecule has 2 aromatic rings. The van der Waals surface area contributed by atoms with Crippen molar-refractivity contribution in [2.24, 2.45) is 0 Å². The van der Waals surface area contributed by atoms with Gasteiger partial charge in [0, 0.05) is 30.9 Å². The maximum Gasteiger partial charge on any atom is 0.227 e. The lowest BCUT2D eigenvalue weighted by atomic mass is 10.0. The minimum Gasteiger partial charge on any atom is -0.382 e. The third-order valence-corrected chi connectivity index (χ3v) is 4.84. The van der Waals surface area contributed by atoms with E-state index >= 15 is 0 Å². The molecule has 1 aliphatic carbocycles. The van der Waals surface area contributed by atoms with Gasteiger partial charge in [0.05, 0.1) is 0 Å². The molecule has 0 unspecified atom stereocenters. The quantitative estimate of drug-likeness (QED) is 0.922. The minimum atomic E-state index is 0.208. The fraction of sp³-hybridized carbons (Fsp3) is 0.316. The van der Waals surface area contributed by atoms with Crippen LogP contribution >= 0.6 is 0 Å². The lowest BCUT2D eigenvalue weighted by molar-refractivity contribution is -0.118. The van der Waals surface area contributed by atoms with Crippen molar-refractivity contribution in [3.63, 3.8) is 0 Å². The molecule has 0 aromatic heterocycles. The van der Waals surface area contributed by atoms with Crippen LogP contribution in [-0.2, 0) is 24.1 Å². The summed E-state index contributed by atoms with van der Waals surface area (Å²) in [5, 5.41) is 3.66. The molecule has 0 atom stereocenters. The van der Waals surface area contributed by atoms with Gasteiger partial charge in [-0.25, -0.2) is 0 Å². The number of amides is 1. The largest absolute Gasteiger partial charge is 0.382 e. The van der Waals surface area contributed by atoms with Gasteiger partial charge >= 0.3 is 0 Å². The van der Waals surface area contributed by atoms with Crippen LogP contribution in [0.3, 0.4) is 0 Å². The second kappa shape index (κ2) is 5.16. The van der Waals surface area contributed by atoms with Crippen LogP contribution < -0.4 is 10.2 Å². The van der Waals surface area contributed by atoms with Gasteiger partial charge in [-0.1, -0.05) is 24.3 Å². The number of rotatable bonds is 2. The Bertz CT molecular complexity index is 713. The number of carbonyl (C=O) groups excluding carboxylic acids is 1. The predicted octanol–water partition coefficient (Wildman–Crippen LogP) is 3.17. The molecule has 1 amide bonds. The number of nitrogens with one attached hydrogen (secondary N) is 1. The molecule has 0 bridgehead atoms. The van der Waals surface area contributed by atoms with E-state index < -0.39 is 0 Å². The summed E-state index contributed by atoms with van der Waals surface area (Å²) in [6.45, 7) is 0. The van der Waals surface area contributed by atoms with Gasteiger partial charge in [-0.2, -0.15) is 0 Å². The van der Waals surface area contributed by atoms with E-state index in [4.69, 9.17) is 0 Å². The summed E-state index contributed by atoms with van der Waals surface area (Å²) in [5.74, 6) is 0.208. The standard InChI is InChI=1S/C19H20N2O/c1-21-18-8-7-16(12-15(18)6-9-19(21)22)20-17-10-13-4-2-3-5-14(13)11-17/h2-5,7-8,12,17,20H,6,9-11H2,1H3. The summed E-state index contributed by atoms with van der Waals surface area (Å²) in [7, 11) is 1.86. The van der Waals surface area contributed by atoms with E-state index in [1.165, 1.54) is 22.4 Å². The maximum absolute atomic E-state index is 11.8. The Balaban J connectivity index is 1.52. The van der Waals surface area contributed by atoms with Crippen LogP contribution in [-0.4, -0.2) is 19.0 Å².